The fourth-order valence-electron chi connectivity index (χ4n) is 2.80. The van der Waals surface area contributed by atoms with Crippen molar-refractivity contribution in [1.29, 1.82) is 0 Å². The van der Waals surface area contributed by atoms with E-state index in [0.717, 1.165) is 19.6 Å². The molecule has 0 aromatic heterocycles. The summed E-state index contributed by atoms with van der Waals surface area (Å²) >= 11 is 0. The zero-order valence-electron chi connectivity index (χ0n) is 9.49. The highest BCUT2D eigenvalue weighted by Gasteiger charge is 2.43. The molecule has 0 saturated carbocycles. The van der Waals surface area contributed by atoms with E-state index in [2.05, 4.69) is 37.8 Å². The van der Waals surface area contributed by atoms with Crippen LogP contribution in [0.15, 0.2) is 12.2 Å². The first-order valence-electron chi connectivity index (χ1n) is 5.68. The van der Waals surface area contributed by atoms with Crippen LogP contribution in [0.5, 0.6) is 0 Å². The maximum Gasteiger partial charge on any atom is 0.0862 e. The summed E-state index contributed by atoms with van der Waals surface area (Å²) in [5.74, 6) is 0. The number of hydrogen-bond donors (Lipinski definition) is 0. The second-order valence-electron chi connectivity index (χ2n) is 4.99. The Bertz CT molecular complexity index is 236. The molecular weight excluding hydrogens is 174 g/mol. The van der Waals surface area contributed by atoms with E-state index in [0.29, 0.717) is 12.1 Å². The Hall–Kier alpha value is -0.340. The number of hydrogen-bond acceptors (Lipinski definition) is 2. The molecule has 14 heavy (non-hydrogen) atoms. The minimum atomic E-state index is 0.137. The predicted molar refractivity (Wildman–Crippen MR) is 58.4 cm³/mol. The molecule has 0 radical (unpaired) electrons. The van der Waals surface area contributed by atoms with Crippen LogP contribution in [-0.2, 0) is 4.74 Å². The Balaban J connectivity index is 2.07. The molecule has 2 aliphatic heterocycles. The third-order valence-electron chi connectivity index (χ3n) is 3.51. The third kappa shape index (κ3) is 1.73. The first-order chi connectivity index (χ1) is 6.63. The topological polar surface area (TPSA) is 12.5 Å². The van der Waals surface area contributed by atoms with Gasteiger partial charge in [-0.3, -0.25) is 4.90 Å². The van der Waals surface area contributed by atoms with Gasteiger partial charge in [0.1, 0.15) is 0 Å². The lowest BCUT2D eigenvalue weighted by molar-refractivity contribution is -0.0294. The molecule has 2 heterocycles. The van der Waals surface area contributed by atoms with Crippen molar-refractivity contribution >= 4 is 0 Å². The van der Waals surface area contributed by atoms with Crippen molar-refractivity contribution in [1.82, 2.24) is 4.90 Å². The van der Waals surface area contributed by atoms with Gasteiger partial charge < -0.3 is 4.74 Å². The minimum Gasteiger partial charge on any atom is -0.369 e. The number of likely N-dealkylation sites (tertiary alicyclic amines) is 1. The van der Waals surface area contributed by atoms with Crippen LogP contribution >= 0.6 is 0 Å². The zero-order chi connectivity index (χ0) is 10.2. The highest BCUT2D eigenvalue weighted by Crippen LogP contribution is 2.36. The molecular formula is C12H21NO. The summed E-state index contributed by atoms with van der Waals surface area (Å²) < 4.78 is 5.95. The molecule has 2 atom stereocenters. The first kappa shape index (κ1) is 10.2. The first-order valence-corrected chi connectivity index (χ1v) is 5.68. The lowest BCUT2D eigenvalue weighted by Crippen LogP contribution is -2.40. The Morgan fingerprint density at radius 2 is 2.21 bits per heavy atom. The summed E-state index contributed by atoms with van der Waals surface area (Å²) in [5, 5.41) is 0. The summed E-state index contributed by atoms with van der Waals surface area (Å²) in [4.78, 5) is 2.55. The molecule has 0 aromatic carbocycles. The van der Waals surface area contributed by atoms with Gasteiger partial charge in [-0.1, -0.05) is 12.2 Å². The molecule has 0 bridgehead atoms. The van der Waals surface area contributed by atoms with Crippen molar-refractivity contribution in [2.24, 2.45) is 0 Å². The van der Waals surface area contributed by atoms with Crippen molar-refractivity contribution in [2.75, 3.05) is 13.2 Å². The van der Waals surface area contributed by atoms with Crippen LogP contribution in [0.3, 0.4) is 0 Å². The van der Waals surface area contributed by atoms with Crippen LogP contribution in [0.2, 0.25) is 0 Å². The Morgan fingerprint density at radius 1 is 1.43 bits per heavy atom. The minimum absolute atomic E-state index is 0.137. The Morgan fingerprint density at radius 3 is 2.71 bits per heavy atom. The molecule has 0 aromatic rings. The number of rotatable bonds is 1. The number of ether oxygens (including phenoxy) is 1. The summed E-state index contributed by atoms with van der Waals surface area (Å²) in [6, 6.07) is 1.31. The van der Waals surface area contributed by atoms with Gasteiger partial charge in [0.05, 0.1) is 12.2 Å². The van der Waals surface area contributed by atoms with Crippen molar-refractivity contribution in [3.05, 3.63) is 12.2 Å². The fourth-order valence-corrected chi connectivity index (χ4v) is 2.80. The van der Waals surface area contributed by atoms with E-state index in [4.69, 9.17) is 4.74 Å². The van der Waals surface area contributed by atoms with Gasteiger partial charge in [-0.15, -0.1) is 0 Å². The van der Waals surface area contributed by atoms with Crippen LogP contribution in [0.1, 0.15) is 33.6 Å². The molecule has 80 valence electrons. The van der Waals surface area contributed by atoms with Crippen LogP contribution in [0, 0.1) is 0 Å². The van der Waals surface area contributed by atoms with Gasteiger partial charge in [0.2, 0.25) is 0 Å². The van der Waals surface area contributed by atoms with Gasteiger partial charge in [-0.25, -0.2) is 0 Å². The molecule has 2 nitrogen and oxygen atoms in total. The SMILES string of the molecule is CC(C)N1CC2(CC=CCO2)CC1C. The standard InChI is InChI=1S/C12H21NO/c1-10(2)13-9-12(8-11(13)3)6-4-5-7-14-12/h4-5,10-11H,6-9H2,1-3H3. The molecule has 1 saturated heterocycles. The normalized spacial score (nSPS) is 38.7. The average Bonchev–Trinajstić information content (AvgIpc) is 2.44. The highest BCUT2D eigenvalue weighted by molar-refractivity contribution is 5.05. The number of nitrogens with zero attached hydrogens (tertiary/aromatic N) is 1. The van der Waals surface area contributed by atoms with Gasteiger partial charge in [-0.05, 0) is 33.6 Å². The van der Waals surface area contributed by atoms with Gasteiger partial charge in [0.15, 0.2) is 0 Å². The smallest absolute Gasteiger partial charge is 0.0862 e. The average molecular weight is 195 g/mol. The second-order valence-corrected chi connectivity index (χ2v) is 4.99. The van der Waals surface area contributed by atoms with Crippen LogP contribution in [0.4, 0.5) is 0 Å². The van der Waals surface area contributed by atoms with E-state index in [1.807, 2.05) is 0 Å². The zero-order valence-corrected chi connectivity index (χ0v) is 9.49. The molecule has 2 rings (SSSR count). The van der Waals surface area contributed by atoms with E-state index in [1.165, 1.54) is 6.42 Å². The highest BCUT2D eigenvalue weighted by atomic mass is 16.5. The van der Waals surface area contributed by atoms with E-state index in [1.54, 1.807) is 0 Å². The van der Waals surface area contributed by atoms with Gasteiger partial charge in [0, 0.05) is 18.6 Å². The summed E-state index contributed by atoms with van der Waals surface area (Å²) in [6.45, 7) is 8.77. The van der Waals surface area contributed by atoms with Gasteiger partial charge in [-0.2, -0.15) is 0 Å². The summed E-state index contributed by atoms with van der Waals surface area (Å²) in [7, 11) is 0. The van der Waals surface area contributed by atoms with Gasteiger partial charge >= 0.3 is 0 Å². The largest absolute Gasteiger partial charge is 0.369 e. The Kier molecular flexibility index (Phi) is 2.67. The van der Waals surface area contributed by atoms with Crippen molar-refractivity contribution in [2.45, 2.75) is 51.3 Å². The molecule has 2 heteroatoms. The van der Waals surface area contributed by atoms with E-state index < -0.39 is 0 Å². The van der Waals surface area contributed by atoms with E-state index in [-0.39, 0.29) is 5.60 Å². The summed E-state index contributed by atoms with van der Waals surface area (Å²) in [5.41, 5.74) is 0.137. The van der Waals surface area contributed by atoms with Gasteiger partial charge in [0.25, 0.3) is 0 Å². The van der Waals surface area contributed by atoms with Crippen molar-refractivity contribution < 1.29 is 4.74 Å². The maximum absolute atomic E-state index is 5.95. The molecule has 0 aliphatic carbocycles. The van der Waals surface area contributed by atoms with Crippen LogP contribution in [-0.4, -0.2) is 35.7 Å². The molecule has 2 aliphatic rings. The van der Waals surface area contributed by atoms with E-state index in [9.17, 15) is 0 Å². The van der Waals surface area contributed by atoms with E-state index >= 15 is 0 Å². The Labute approximate surface area is 86.9 Å². The van der Waals surface area contributed by atoms with Crippen LogP contribution in [0.25, 0.3) is 0 Å². The lowest BCUT2D eigenvalue weighted by Gasteiger charge is -2.31. The molecule has 0 N–H and O–H groups in total. The molecule has 2 unspecified atom stereocenters. The fraction of sp³-hybridized carbons (Fsp3) is 0.833. The van der Waals surface area contributed by atoms with Crippen molar-refractivity contribution in [3.63, 3.8) is 0 Å². The lowest BCUT2D eigenvalue weighted by atomic mass is 9.95. The monoisotopic (exact) mass is 195 g/mol. The summed E-state index contributed by atoms with van der Waals surface area (Å²) in [6.07, 6.45) is 6.70. The second kappa shape index (κ2) is 3.67. The maximum atomic E-state index is 5.95. The molecule has 1 spiro atoms. The van der Waals surface area contributed by atoms with Crippen LogP contribution < -0.4 is 0 Å². The molecule has 0 amide bonds. The quantitative estimate of drug-likeness (QED) is 0.595. The van der Waals surface area contributed by atoms with Crippen molar-refractivity contribution in [3.8, 4) is 0 Å². The molecule has 1 fully saturated rings. The predicted octanol–water partition coefficient (Wildman–Crippen LogP) is 2.20. The third-order valence-corrected chi connectivity index (χ3v) is 3.51.